The van der Waals surface area contributed by atoms with Crippen molar-refractivity contribution in [1.29, 1.82) is 0 Å². The number of aromatic nitrogens is 1. The van der Waals surface area contributed by atoms with Crippen molar-refractivity contribution < 1.29 is 9.90 Å². The lowest BCUT2D eigenvalue weighted by Gasteiger charge is -2.27. The minimum absolute atomic E-state index is 0. The molecule has 3 nitrogen and oxygen atoms in total. The van der Waals surface area contributed by atoms with Gasteiger partial charge in [0.05, 0.1) is 5.92 Å². The summed E-state index contributed by atoms with van der Waals surface area (Å²) in [7, 11) is 0. The van der Waals surface area contributed by atoms with Gasteiger partial charge in [0.15, 0.2) is 0 Å². The molecule has 4 heteroatoms. The summed E-state index contributed by atoms with van der Waals surface area (Å²) in [5.74, 6) is -0.788. The predicted octanol–water partition coefficient (Wildman–Crippen LogP) is 3.25. The molecular formula is C13H18ClNO2. The van der Waals surface area contributed by atoms with E-state index in [1.807, 2.05) is 12.1 Å². The second-order valence-corrected chi connectivity index (χ2v) is 4.50. The zero-order valence-electron chi connectivity index (χ0n) is 9.71. The molecule has 0 amide bonds. The van der Waals surface area contributed by atoms with E-state index in [0.717, 1.165) is 31.2 Å². The summed E-state index contributed by atoms with van der Waals surface area (Å²) < 4.78 is 0. The van der Waals surface area contributed by atoms with Gasteiger partial charge in [0, 0.05) is 12.4 Å². The van der Waals surface area contributed by atoms with Crippen molar-refractivity contribution in [1.82, 2.24) is 4.98 Å². The number of hydrogen-bond acceptors (Lipinski definition) is 2. The molecule has 0 aromatic carbocycles. The van der Waals surface area contributed by atoms with Gasteiger partial charge in [0.1, 0.15) is 0 Å². The number of carboxylic acids is 1. The first-order valence-electron chi connectivity index (χ1n) is 5.92. The summed E-state index contributed by atoms with van der Waals surface area (Å²) in [5.41, 5.74) is 0.849. The average molecular weight is 256 g/mol. The zero-order valence-corrected chi connectivity index (χ0v) is 10.5. The molecule has 94 valence electrons. The number of rotatable bonds is 3. The fourth-order valence-electron chi connectivity index (χ4n) is 2.64. The van der Waals surface area contributed by atoms with E-state index in [2.05, 4.69) is 4.98 Å². The Morgan fingerprint density at radius 2 is 2.06 bits per heavy atom. The second-order valence-electron chi connectivity index (χ2n) is 4.50. The molecule has 0 radical (unpaired) electrons. The van der Waals surface area contributed by atoms with Gasteiger partial charge in [-0.15, -0.1) is 12.4 Å². The molecule has 1 unspecified atom stereocenters. The molecule has 1 saturated carbocycles. The zero-order chi connectivity index (χ0) is 11.4. The van der Waals surface area contributed by atoms with Crippen molar-refractivity contribution in [3.8, 4) is 0 Å². The van der Waals surface area contributed by atoms with Crippen LogP contribution in [0.5, 0.6) is 0 Å². The van der Waals surface area contributed by atoms with Crippen LogP contribution in [0.4, 0.5) is 0 Å². The standard InChI is InChI=1S/C13H17NO2.ClH/c15-13(16)12(10-5-2-1-3-6-10)11-7-4-8-14-9-11;/h4,7-10,12H,1-3,5-6H2,(H,15,16);1H. The first-order valence-corrected chi connectivity index (χ1v) is 5.92. The summed E-state index contributed by atoms with van der Waals surface area (Å²) in [6.07, 6.45) is 9.01. The molecule has 1 N–H and O–H groups in total. The van der Waals surface area contributed by atoms with E-state index in [1.54, 1.807) is 12.4 Å². The lowest BCUT2D eigenvalue weighted by molar-refractivity contribution is -0.140. The molecule has 0 aliphatic heterocycles. The third-order valence-corrected chi connectivity index (χ3v) is 3.43. The number of nitrogens with zero attached hydrogens (tertiary/aromatic N) is 1. The van der Waals surface area contributed by atoms with Crippen LogP contribution in [0.1, 0.15) is 43.6 Å². The van der Waals surface area contributed by atoms with Crippen LogP contribution in [0, 0.1) is 5.92 Å². The Morgan fingerprint density at radius 1 is 1.35 bits per heavy atom. The molecule has 1 fully saturated rings. The van der Waals surface area contributed by atoms with Gasteiger partial charge in [-0.3, -0.25) is 9.78 Å². The Kier molecular flexibility index (Phi) is 5.42. The van der Waals surface area contributed by atoms with Crippen LogP contribution in [0.3, 0.4) is 0 Å². The Balaban J connectivity index is 0.00000144. The van der Waals surface area contributed by atoms with Gasteiger partial charge in [0.25, 0.3) is 0 Å². The third-order valence-electron chi connectivity index (χ3n) is 3.43. The van der Waals surface area contributed by atoms with Crippen LogP contribution in [-0.2, 0) is 4.79 Å². The molecular weight excluding hydrogens is 238 g/mol. The topological polar surface area (TPSA) is 50.2 Å². The molecule has 17 heavy (non-hydrogen) atoms. The van der Waals surface area contributed by atoms with Crippen molar-refractivity contribution in [3.63, 3.8) is 0 Å². The van der Waals surface area contributed by atoms with Gasteiger partial charge in [0.2, 0.25) is 0 Å². The molecule has 1 aromatic heterocycles. The number of hydrogen-bond donors (Lipinski definition) is 1. The first kappa shape index (κ1) is 14.0. The number of carbonyl (C=O) groups is 1. The molecule has 1 aliphatic carbocycles. The van der Waals surface area contributed by atoms with Gasteiger partial charge in [-0.2, -0.15) is 0 Å². The molecule has 0 spiro atoms. The Bertz CT molecular complexity index is 350. The largest absolute Gasteiger partial charge is 0.481 e. The summed E-state index contributed by atoms with van der Waals surface area (Å²) in [4.78, 5) is 15.4. The van der Waals surface area contributed by atoms with E-state index in [0.29, 0.717) is 0 Å². The fourth-order valence-corrected chi connectivity index (χ4v) is 2.64. The van der Waals surface area contributed by atoms with Gasteiger partial charge >= 0.3 is 5.97 Å². The number of aliphatic carboxylic acids is 1. The Morgan fingerprint density at radius 3 is 2.59 bits per heavy atom. The summed E-state index contributed by atoms with van der Waals surface area (Å²) in [5, 5.41) is 9.35. The number of pyridine rings is 1. The van der Waals surface area contributed by atoms with Crippen LogP contribution in [0.15, 0.2) is 24.5 Å². The van der Waals surface area contributed by atoms with E-state index in [-0.39, 0.29) is 24.2 Å². The highest BCUT2D eigenvalue weighted by Gasteiger charge is 2.30. The summed E-state index contributed by atoms with van der Waals surface area (Å²) in [6, 6.07) is 3.69. The maximum Gasteiger partial charge on any atom is 0.311 e. The van der Waals surface area contributed by atoms with Gasteiger partial charge < -0.3 is 5.11 Å². The SMILES string of the molecule is Cl.O=C(O)C(c1cccnc1)C1CCCCC1. The van der Waals surface area contributed by atoms with Crippen molar-refractivity contribution in [3.05, 3.63) is 30.1 Å². The molecule has 0 bridgehead atoms. The van der Waals surface area contributed by atoms with Crippen LogP contribution in [-0.4, -0.2) is 16.1 Å². The highest BCUT2D eigenvalue weighted by molar-refractivity contribution is 5.85. The Hall–Kier alpha value is -1.09. The quantitative estimate of drug-likeness (QED) is 0.902. The highest BCUT2D eigenvalue weighted by atomic mass is 35.5. The van der Waals surface area contributed by atoms with E-state index in [9.17, 15) is 9.90 Å². The van der Waals surface area contributed by atoms with E-state index in [1.165, 1.54) is 6.42 Å². The minimum Gasteiger partial charge on any atom is -0.481 e. The first-order chi connectivity index (χ1) is 7.79. The van der Waals surface area contributed by atoms with Crippen molar-refractivity contribution in [2.45, 2.75) is 38.0 Å². The summed E-state index contributed by atoms with van der Waals surface area (Å²) >= 11 is 0. The molecule has 1 atom stereocenters. The van der Waals surface area contributed by atoms with Crippen LogP contribution in [0.25, 0.3) is 0 Å². The maximum atomic E-state index is 11.4. The van der Waals surface area contributed by atoms with Crippen LogP contribution < -0.4 is 0 Å². The fraction of sp³-hybridized carbons (Fsp3) is 0.538. The summed E-state index contributed by atoms with van der Waals surface area (Å²) in [6.45, 7) is 0. The minimum atomic E-state index is -0.708. The van der Waals surface area contributed by atoms with Crippen LogP contribution >= 0.6 is 12.4 Å². The average Bonchev–Trinajstić information content (AvgIpc) is 2.31. The number of halogens is 1. The van der Waals surface area contributed by atoms with Crippen molar-refractivity contribution in [2.24, 2.45) is 5.92 Å². The molecule has 1 aliphatic rings. The lowest BCUT2D eigenvalue weighted by Crippen LogP contribution is -2.23. The van der Waals surface area contributed by atoms with Crippen molar-refractivity contribution in [2.75, 3.05) is 0 Å². The molecule has 1 heterocycles. The normalized spacial score (nSPS) is 18.1. The number of carboxylic acid groups (broad SMARTS) is 1. The Labute approximate surface area is 108 Å². The van der Waals surface area contributed by atoms with Crippen molar-refractivity contribution >= 4 is 18.4 Å². The van der Waals surface area contributed by atoms with Gasteiger partial charge in [-0.25, -0.2) is 0 Å². The van der Waals surface area contributed by atoms with Crippen LogP contribution in [0.2, 0.25) is 0 Å². The second kappa shape index (κ2) is 6.60. The third kappa shape index (κ3) is 3.43. The monoisotopic (exact) mass is 255 g/mol. The lowest BCUT2D eigenvalue weighted by atomic mass is 9.77. The predicted molar refractivity (Wildman–Crippen MR) is 68.4 cm³/mol. The van der Waals surface area contributed by atoms with E-state index >= 15 is 0 Å². The molecule has 2 rings (SSSR count). The van der Waals surface area contributed by atoms with E-state index < -0.39 is 5.97 Å². The van der Waals surface area contributed by atoms with Gasteiger partial charge in [-0.1, -0.05) is 25.3 Å². The molecule has 0 saturated heterocycles. The maximum absolute atomic E-state index is 11.4. The smallest absolute Gasteiger partial charge is 0.311 e. The van der Waals surface area contributed by atoms with E-state index in [4.69, 9.17) is 0 Å². The molecule has 1 aromatic rings. The van der Waals surface area contributed by atoms with Gasteiger partial charge in [-0.05, 0) is 30.4 Å². The highest BCUT2D eigenvalue weighted by Crippen LogP contribution is 2.35.